The predicted octanol–water partition coefficient (Wildman–Crippen LogP) is 6.12. The van der Waals surface area contributed by atoms with Crippen LogP contribution in [0.4, 0.5) is 0 Å². The molecule has 1 aliphatic heterocycles. The molecule has 0 aliphatic carbocycles. The lowest BCUT2D eigenvalue weighted by Crippen LogP contribution is -2.40. The predicted molar refractivity (Wildman–Crippen MR) is 197 cm³/mol. The van der Waals surface area contributed by atoms with E-state index in [9.17, 15) is 14.4 Å². The first-order chi connectivity index (χ1) is 24.5. The number of halogens is 1. The van der Waals surface area contributed by atoms with E-state index in [4.69, 9.17) is 28.4 Å². The average Bonchev–Trinajstić information content (AvgIpc) is 3.40. The molecule has 13 heteroatoms. The van der Waals surface area contributed by atoms with Gasteiger partial charge in [-0.15, -0.1) is 0 Å². The quantitative estimate of drug-likeness (QED) is 0.148. The van der Waals surface area contributed by atoms with E-state index in [-0.39, 0.29) is 36.4 Å². The maximum absolute atomic E-state index is 14.2. The summed E-state index contributed by atoms with van der Waals surface area (Å²) in [5.41, 5.74) is 2.99. The molecule has 5 rings (SSSR count). The minimum Gasteiger partial charge on any atom is -0.493 e. The molecule has 0 bridgehead atoms. The van der Waals surface area contributed by atoms with E-state index in [1.54, 1.807) is 76.4 Å². The number of nitrogens with zero attached hydrogens (tertiary/aromatic N) is 2. The van der Waals surface area contributed by atoms with Crippen LogP contribution in [0, 0.1) is 0 Å². The number of fused-ring (bicyclic) bond motifs is 1. The van der Waals surface area contributed by atoms with E-state index in [0.717, 1.165) is 5.56 Å². The lowest BCUT2D eigenvalue weighted by molar-refractivity contribution is -0.139. The summed E-state index contributed by atoms with van der Waals surface area (Å²) in [6, 6.07) is 15.1. The van der Waals surface area contributed by atoms with E-state index < -0.39 is 12.0 Å². The second-order valence-electron chi connectivity index (χ2n) is 11.6. The van der Waals surface area contributed by atoms with Gasteiger partial charge in [0.2, 0.25) is 0 Å². The number of hydrogen-bond acceptors (Lipinski definition) is 11. The van der Waals surface area contributed by atoms with E-state index in [1.165, 1.54) is 23.0 Å². The molecule has 0 spiro atoms. The third-order valence-corrected chi connectivity index (χ3v) is 9.35. The Labute approximate surface area is 307 Å². The van der Waals surface area contributed by atoms with Crippen molar-refractivity contribution in [2.75, 3.05) is 27.4 Å². The van der Waals surface area contributed by atoms with Gasteiger partial charge in [-0.25, -0.2) is 14.6 Å². The number of thiazole rings is 1. The number of aromatic nitrogens is 1. The van der Waals surface area contributed by atoms with Crippen LogP contribution >= 0.6 is 27.3 Å². The molecule has 0 unspecified atom stereocenters. The number of esters is 2. The molecule has 3 aromatic carbocycles. The van der Waals surface area contributed by atoms with E-state index in [0.29, 0.717) is 65.8 Å². The first-order valence-electron chi connectivity index (χ1n) is 16.3. The van der Waals surface area contributed by atoms with Crippen LogP contribution in [0.3, 0.4) is 0 Å². The normalized spacial score (nSPS) is 14.1. The zero-order valence-electron chi connectivity index (χ0n) is 29.4. The number of methoxy groups -OCH3 is 2. The number of hydrogen-bond donors (Lipinski definition) is 0. The largest absolute Gasteiger partial charge is 0.493 e. The Morgan fingerprint density at radius 3 is 2.27 bits per heavy atom. The lowest BCUT2D eigenvalue weighted by atomic mass is 9.95. The number of carbonyl (C=O) groups excluding carboxylic acids is 2. The van der Waals surface area contributed by atoms with Gasteiger partial charge in [0.1, 0.15) is 6.61 Å². The summed E-state index contributed by atoms with van der Waals surface area (Å²) in [5.74, 6) is 0.988. The molecular weight excluding hydrogens is 740 g/mol. The van der Waals surface area contributed by atoms with Gasteiger partial charge in [0, 0.05) is 0 Å². The fraction of sp³-hybridized carbons (Fsp3) is 0.316. The zero-order chi connectivity index (χ0) is 36.8. The number of allylic oxidation sites excluding steroid dienone is 1. The summed E-state index contributed by atoms with van der Waals surface area (Å²) in [7, 11) is 3.07. The van der Waals surface area contributed by atoms with Gasteiger partial charge in [-0.2, -0.15) is 0 Å². The van der Waals surface area contributed by atoms with E-state index >= 15 is 0 Å². The van der Waals surface area contributed by atoms with E-state index in [2.05, 4.69) is 20.9 Å². The number of carbonyl (C=O) groups is 2. The Morgan fingerprint density at radius 1 is 0.941 bits per heavy atom. The van der Waals surface area contributed by atoms with Gasteiger partial charge in [-0.05, 0) is 110 Å². The van der Waals surface area contributed by atoms with Crippen molar-refractivity contribution in [1.29, 1.82) is 0 Å². The Bertz CT molecular complexity index is 2150. The Hall–Kier alpha value is -4.88. The van der Waals surface area contributed by atoms with Gasteiger partial charge in [0.05, 0.1) is 65.4 Å². The van der Waals surface area contributed by atoms with Crippen molar-refractivity contribution < 1.29 is 38.0 Å². The van der Waals surface area contributed by atoms with Crippen LogP contribution in [0.2, 0.25) is 0 Å². The molecule has 11 nitrogen and oxygen atoms in total. The Kier molecular flexibility index (Phi) is 12.0. The molecule has 1 aliphatic rings. The van der Waals surface area contributed by atoms with Gasteiger partial charge < -0.3 is 28.4 Å². The zero-order valence-corrected chi connectivity index (χ0v) is 31.8. The molecule has 0 fully saturated rings. The Morgan fingerprint density at radius 2 is 1.63 bits per heavy atom. The van der Waals surface area contributed by atoms with Crippen molar-refractivity contribution in [3.05, 3.63) is 112 Å². The summed E-state index contributed by atoms with van der Waals surface area (Å²) in [6.45, 7) is 9.74. The second kappa shape index (κ2) is 16.4. The van der Waals surface area contributed by atoms with Crippen molar-refractivity contribution in [1.82, 2.24) is 4.57 Å². The van der Waals surface area contributed by atoms with E-state index in [1.807, 2.05) is 26.0 Å². The summed E-state index contributed by atoms with van der Waals surface area (Å²) >= 11 is 4.82. The lowest BCUT2D eigenvalue weighted by Gasteiger charge is -2.25. The fourth-order valence-electron chi connectivity index (χ4n) is 5.53. The average molecular weight is 780 g/mol. The highest BCUT2D eigenvalue weighted by molar-refractivity contribution is 9.10. The highest BCUT2D eigenvalue weighted by Gasteiger charge is 2.34. The SMILES string of the molecule is CCOC(=O)C1=C(C)N=c2s/c(=C/c3cc(Br)c(OCc4ccc(C(=O)OCC)cc4)c(OC)c3)c(=O)n2[C@@H]1c1ccc(OC(C)C)c(OC)c1. The van der Waals surface area contributed by atoms with Crippen LogP contribution in [-0.2, 0) is 20.9 Å². The fourth-order valence-corrected chi connectivity index (χ4v) is 7.15. The second-order valence-corrected chi connectivity index (χ2v) is 13.5. The van der Waals surface area contributed by atoms with Gasteiger partial charge >= 0.3 is 11.9 Å². The van der Waals surface area contributed by atoms with Crippen molar-refractivity contribution in [3.63, 3.8) is 0 Å². The summed E-state index contributed by atoms with van der Waals surface area (Å²) < 4.78 is 36.4. The molecule has 0 N–H and O–H groups in total. The molecular formula is C38H39BrN2O9S. The van der Waals surface area contributed by atoms with Crippen molar-refractivity contribution in [2.24, 2.45) is 4.99 Å². The third kappa shape index (κ3) is 8.20. The monoisotopic (exact) mass is 778 g/mol. The van der Waals surface area contributed by atoms with Crippen LogP contribution in [-0.4, -0.2) is 50.0 Å². The minimum atomic E-state index is -0.826. The summed E-state index contributed by atoms with van der Waals surface area (Å²) in [4.78, 5) is 44.7. The molecule has 1 aromatic heterocycles. The maximum atomic E-state index is 14.2. The summed E-state index contributed by atoms with van der Waals surface area (Å²) in [6.07, 6.45) is 1.66. The van der Waals surface area contributed by atoms with Crippen LogP contribution < -0.4 is 33.8 Å². The van der Waals surface area contributed by atoms with Crippen LogP contribution in [0.25, 0.3) is 6.08 Å². The van der Waals surface area contributed by atoms with Crippen LogP contribution in [0.1, 0.15) is 67.7 Å². The molecule has 0 radical (unpaired) electrons. The van der Waals surface area contributed by atoms with Crippen molar-refractivity contribution in [2.45, 2.75) is 53.4 Å². The molecule has 0 saturated carbocycles. The van der Waals surface area contributed by atoms with Crippen LogP contribution in [0.5, 0.6) is 23.0 Å². The smallest absolute Gasteiger partial charge is 0.338 e. The first kappa shape index (κ1) is 37.4. The molecule has 1 atom stereocenters. The maximum Gasteiger partial charge on any atom is 0.338 e. The molecule has 0 amide bonds. The standard InChI is InChI=1S/C38H39BrN2O9S/c1-8-47-36(43)25-12-10-23(11-13-25)20-49-34-27(39)16-24(17-30(34)46-7)18-31-35(42)41-33(26-14-15-28(50-21(3)4)29(19-26)45-6)32(37(44)48-9-2)22(5)40-38(41)51-31/h10-19,21,33H,8-9,20H2,1-7H3/b31-18+/t33-/m1/s1. The molecule has 268 valence electrons. The van der Waals surface area contributed by atoms with Crippen molar-refractivity contribution >= 4 is 45.3 Å². The number of benzene rings is 3. The van der Waals surface area contributed by atoms with Gasteiger partial charge in [-0.1, -0.05) is 29.5 Å². The third-order valence-electron chi connectivity index (χ3n) is 7.78. The van der Waals surface area contributed by atoms with Crippen LogP contribution in [0.15, 0.2) is 80.1 Å². The number of ether oxygens (including phenoxy) is 6. The Balaban J connectivity index is 1.52. The molecule has 51 heavy (non-hydrogen) atoms. The van der Waals surface area contributed by atoms with Crippen molar-refractivity contribution in [3.8, 4) is 23.0 Å². The van der Waals surface area contributed by atoms with Gasteiger partial charge in [0.25, 0.3) is 5.56 Å². The molecule has 0 saturated heterocycles. The molecule has 2 heterocycles. The molecule has 4 aromatic rings. The topological polar surface area (TPSA) is 124 Å². The van der Waals surface area contributed by atoms with Gasteiger partial charge in [-0.3, -0.25) is 9.36 Å². The van der Waals surface area contributed by atoms with Gasteiger partial charge in [0.15, 0.2) is 27.8 Å². The minimum absolute atomic E-state index is 0.0876. The first-order valence-corrected chi connectivity index (χ1v) is 17.9. The highest BCUT2D eigenvalue weighted by Crippen LogP contribution is 2.38. The summed E-state index contributed by atoms with van der Waals surface area (Å²) in [5, 5.41) is 0. The highest BCUT2D eigenvalue weighted by atomic mass is 79.9. The number of rotatable bonds is 13.